The molecular formula is C21H27N5O3. The van der Waals surface area contributed by atoms with Gasteiger partial charge in [-0.3, -0.25) is 19.4 Å². The van der Waals surface area contributed by atoms with E-state index in [1.54, 1.807) is 17.0 Å². The zero-order valence-electron chi connectivity index (χ0n) is 17.0. The topological polar surface area (TPSA) is 96.8 Å². The molecule has 1 N–H and O–H groups in total. The lowest BCUT2D eigenvalue weighted by molar-refractivity contribution is -0.140. The van der Waals surface area contributed by atoms with Crippen molar-refractivity contribution in [1.82, 2.24) is 20.0 Å². The standard InChI is InChI=1S/C21H27N5O3/c1-3-21(4-2)19(28)26(20(29)23-21)15-18(27)25-11-9-24(10-12-25)14-17-7-5-16(13-22)6-8-17/h5-8H,3-4,9-12,14-15H2,1-2H3,(H,23,29). The molecule has 2 aliphatic heterocycles. The fourth-order valence-corrected chi connectivity index (χ4v) is 3.88. The Morgan fingerprint density at radius 2 is 1.72 bits per heavy atom. The first-order valence-corrected chi connectivity index (χ1v) is 10.1. The van der Waals surface area contributed by atoms with Gasteiger partial charge in [0.25, 0.3) is 5.91 Å². The summed E-state index contributed by atoms with van der Waals surface area (Å²) in [6.07, 6.45) is 1.01. The van der Waals surface area contributed by atoms with E-state index in [-0.39, 0.29) is 18.4 Å². The fourth-order valence-electron chi connectivity index (χ4n) is 3.88. The largest absolute Gasteiger partial charge is 0.339 e. The summed E-state index contributed by atoms with van der Waals surface area (Å²) in [6.45, 7) is 6.84. The molecule has 2 fully saturated rings. The van der Waals surface area contributed by atoms with Crippen LogP contribution in [-0.2, 0) is 16.1 Å². The number of carbonyl (C=O) groups is 3. The highest BCUT2D eigenvalue weighted by Gasteiger charge is 2.49. The highest BCUT2D eigenvalue weighted by atomic mass is 16.2. The Balaban J connectivity index is 1.52. The van der Waals surface area contributed by atoms with Crippen LogP contribution in [0.5, 0.6) is 0 Å². The molecule has 4 amide bonds. The average Bonchev–Trinajstić information content (AvgIpc) is 2.99. The molecule has 1 aromatic rings. The van der Waals surface area contributed by atoms with Gasteiger partial charge in [0.1, 0.15) is 12.1 Å². The van der Waals surface area contributed by atoms with E-state index in [1.165, 1.54) is 0 Å². The number of imide groups is 1. The maximum absolute atomic E-state index is 12.7. The Labute approximate surface area is 171 Å². The highest BCUT2D eigenvalue weighted by Crippen LogP contribution is 2.25. The van der Waals surface area contributed by atoms with Gasteiger partial charge in [-0.25, -0.2) is 4.79 Å². The predicted molar refractivity (Wildman–Crippen MR) is 107 cm³/mol. The molecule has 0 spiro atoms. The van der Waals surface area contributed by atoms with Crippen LogP contribution in [-0.4, -0.2) is 70.8 Å². The van der Waals surface area contributed by atoms with E-state index in [2.05, 4.69) is 16.3 Å². The minimum Gasteiger partial charge on any atom is -0.339 e. The minimum absolute atomic E-state index is 0.200. The van der Waals surface area contributed by atoms with Gasteiger partial charge in [0, 0.05) is 32.7 Å². The van der Waals surface area contributed by atoms with E-state index >= 15 is 0 Å². The van der Waals surface area contributed by atoms with Crippen molar-refractivity contribution in [1.29, 1.82) is 5.26 Å². The number of carbonyl (C=O) groups excluding carboxylic acids is 3. The van der Waals surface area contributed by atoms with Gasteiger partial charge >= 0.3 is 6.03 Å². The summed E-state index contributed by atoms with van der Waals surface area (Å²) in [6, 6.07) is 9.13. The zero-order chi connectivity index (χ0) is 21.0. The summed E-state index contributed by atoms with van der Waals surface area (Å²) in [4.78, 5) is 42.6. The molecule has 2 saturated heterocycles. The number of amides is 4. The van der Waals surface area contributed by atoms with Gasteiger partial charge in [0.05, 0.1) is 11.6 Å². The Kier molecular flexibility index (Phi) is 6.18. The summed E-state index contributed by atoms with van der Waals surface area (Å²) in [5.74, 6) is -0.505. The lowest BCUT2D eigenvalue weighted by Gasteiger charge is -2.35. The summed E-state index contributed by atoms with van der Waals surface area (Å²) < 4.78 is 0. The van der Waals surface area contributed by atoms with Crippen LogP contribution >= 0.6 is 0 Å². The SMILES string of the molecule is CCC1(CC)NC(=O)N(CC(=O)N2CCN(Cc3ccc(C#N)cc3)CC2)C1=O. The highest BCUT2D eigenvalue weighted by molar-refractivity contribution is 6.09. The van der Waals surface area contributed by atoms with Crippen LogP contribution in [0.2, 0.25) is 0 Å². The number of hydrogen-bond acceptors (Lipinski definition) is 5. The van der Waals surface area contributed by atoms with Crippen molar-refractivity contribution < 1.29 is 14.4 Å². The molecule has 0 radical (unpaired) electrons. The predicted octanol–water partition coefficient (Wildman–Crippen LogP) is 1.31. The van der Waals surface area contributed by atoms with Gasteiger partial charge in [-0.15, -0.1) is 0 Å². The molecule has 0 unspecified atom stereocenters. The maximum Gasteiger partial charge on any atom is 0.325 e. The first-order chi connectivity index (χ1) is 13.9. The molecule has 0 aliphatic carbocycles. The monoisotopic (exact) mass is 397 g/mol. The number of rotatable bonds is 6. The lowest BCUT2D eigenvalue weighted by Crippen LogP contribution is -2.52. The Bertz CT molecular complexity index is 818. The Morgan fingerprint density at radius 1 is 1.10 bits per heavy atom. The quantitative estimate of drug-likeness (QED) is 0.730. The van der Waals surface area contributed by atoms with Crippen molar-refractivity contribution in [3.8, 4) is 6.07 Å². The number of nitriles is 1. The molecule has 0 atom stereocenters. The second-order valence-electron chi connectivity index (χ2n) is 7.58. The van der Waals surface area contributed by atoms with E-state index in [1.807, 2.05) is 26.0 Å². The molecule has 0 saturated carbocycles. The van der Waals surface area contributed by atoms with Crippen LogP contribution in [0.1, 0.15) is 37.8 Å². The van der Waals surface area contributed by atoms with Gasteiger partial charge in [-0.1, -0.05) is 26.0 Å². The van der Waals surface area contributed by atoms with Gasteiger partial charge in [0.2, 0.25) is 5.91 Å². The van der Waals surface area contributed by atoms with Crippen LogP contribution in [0, 0.1) is 11.3 Å². The van der Waals surface area contributed by atoms with Crippen LogP contribution < -0.4 is 5.32 Å². The third kappa shape index (κ3) is 4.25. The molecule has 0 aromatic heterocycles. The number of urea groups is 1. The van der Waals surface area contributed by atoms with Gasteiger partial charge in [-0.05, 0) is 30.5 Å². The van der Waals surface area contributed by atoms with Crippen molar-refractivity contribution >= 4 is 17.8 Å². The molecule has 2 aliphatic rings. The van der Waals surface area contributed by atoms with Crippen molar-refractivity contribution in [3.63, 3.8) is 0 Å². The van der Waals surface area contributed by atoms with E-state index in [9.17, 15) is 14.4 Å². The summed E-state index contributed by atoms with van der Waals surface area (Å²) in [5, 5.41) is 11.6. The molecule has 3 rings (SSSR count). The van der Waals surface area contributed by atoms with E-state index in [4.69, 9.17) is 5.26 Å². The fraction of sp³-hybridized carbons (Fsp3) is 0.524. The van der Waals surface area contributed by atoms with Gasteiger partial charge in [0.15, 0.2) is 0 Å². The number of hydrogen-bond donors (Lipinski definition) is 1. The van der Waals surface area contributed by atoms with Gasteiger partial charge in [-0.2, -0.15) is 5.26 Å². The third-order valence-corrected chi connectivity index (χ3v) is 5.96. The van der Waals surface area contributed by atoms with Crippen molar-refractivity contribution in [2.24, 2.45) is 0 Å². The minimum atomic E-state index is -0.878. The molecule has 1 aromatic carbocycles. The van der Waals surface area contributed by atoms with Crippen molar-refractivity contribution in [3.05, 3.63) is 35.4 Å². The Hall–Kier alpha value is -2.92. The second-order valence-corrected chi connectivity index (χ2v) is 7.58. The number of benzene rings is 1. The maximum atomic E-state index is 12.7. The number of nitrogens with one attached hydrogen (secondary N) is 1. The average molecular weight is 397 g/mol. The number of piperazine rings is 1. The first kappa shape index (κ1) is 20.8. The normalized spacial score (nSPS) is 19.2. The van der Waals surface area contributed by atoms with Crippen LogP contribution in [0.3, 0.4) is 0 Å². The molecule has 2 heterocycles. The van der Waals surface area contributed by atoms with Crippen LogP contribution in [0.4, 0.5) is 4.79 Å². The molecule has 8 heteroatoms. The smallest absolute Gasteiger partial charge is 0.325 e. The first-order valence-electron chi connectivity index (χ1n) is 10.1. The molecule has 0 bridgehead atoms. The summed E-state index contributed by atoms with van der Waals surface area (Å²) >= 11 is 0. The molecule has 8 nitrogen and oxygen atoms in total. The van der Waals surface area contributed by atoms with E-state index < -0.39 is 11.6 Å². The second kappa shape index (κ2) is 8.62. The summed E-state index contributed by atoms with van der Waals surface area (Å²) in [7, 11) is 0. The molecule has 29 heavy (non-hydrogen) atoms. The molecule has 154 valence electrons. The molecular weight excluding hydrogens is 370 g/mol. The Morgan fingerprint density at radius 3 is 2.24 bits per heavy atom. The lowest BCUT2D eigenvalue weighted by atomic mass is 9.93. The third-order valence-electron chi connectivity index (χ3n) is 5.96. The zero-order valence-corrected chi connectivity index (χ0v) is 17.0. The van der Waals surface area contributed by atoms with E-state index in [0.717, 1.165) is 30.1 Å². The van der Waals surface area contributed by atoms with Crippen LogP contribution in [0.25, 0.3) is 0 Å². The van der Waals surface area contributed by atoms with Crippen molar-refractivity contribution in [2.45, 2.75) is 38.8 Å². The van der Waals surface area contributed by atoms with Crippen molar-refractivity contribution in [2.75, 3.05) is 32.7 Å². The van der Waals surface area contributed by atoms with Gasteiger partial charge < -0.3 is 10.2 Å². The summed E-state index contributed by atoms with van der Waals surface area (Å²) in [5.41, 5.74) is 0.885. The van der Waals surface area contributed by atoms with E-state index in [0.29, 0.717) is 31.5 Å². The number of nitrogens with zero attached hydrogens (tertiary/aromatic N) is 4. The van der Waals surface area contributed by atoms with Crippen LogP contribution in [0.15, 0.2) is 24.3 Å².